The first-order valence-corrected chi connectivity index (χ1v) is 10.4. The second-order valence-electron chi connectivity index (χ2n) is 5.81. The smallest absolute Gasteiger partial charge is 0.257 e. The van der Waals surface area contributed by atoms with E-state index in [0.717, 1.165) is 16.0 Å². The minimum Gasteiger partial charge on any atom is -0.298 e. The number of carbonyl (C=O) groups is 1. The molecule has 7 heteroatoms. The standard InChI is InChI=1S/C19H17FN2O2S2/c1-26(24)12-14-3-2-4-15(9-14)18(23)22-19-21-11-17(25-19)10-13-5-7-16(20)8-6-13/h2-9,11H,10,12H2,1H3,(H,21,22,23). The molecule has 1 N–H and O–H groups in total. The predicted molar refractivity (Wildman–Crippen MR) is 103 cm³/mol. The molecule has 3 aromatic rings. The number of nitrogens with one attached hydrogen (secondary N) is 1. The Bertz CT molecular complexity index is 939. The van der Waals surface area contributed by atoms with Gasteiger partial charge < -0.3 is 0 Å². The summed E-state index contributed by atoms with van der Waals surface area (Å²) in [4.78, 5) is 17.6. The quantitative estimate of drug-likeness (QED) is 0.694. The maximum absolute atomic E-state index is 13.0. The molecule has 2 aromatic carbocycles. The van der Waals surface area contributed by atoms with E-state index in [1.165, 1.54) is 23.5 Å². The number of hydrogen-bond acceptors (Lipinski definition) is 4. The van der Waals surface area contributed by atoms with Crippen LogP contribution < -0.4 is 5.32 Å². The van der Waals surface area contributed by atoms with Gasteiger partial charge in [0.2, 0.25) is 0 Å². The number of benzene rings is 2. The molecule has 0 fully saturated rings. The topological polar surface area (TPSA) is 59.1 Å². The van der Waals surface area contributed by atoms with Gasteiger partial charge in [-0.3, -0.25) is 14.3 Å². The van der Waals surface area contributed by atoms with Crippen molar-refractivity contribution in [2.45, 2.75) is 12.2 Å². The fourth-order valence-electron chi connectivity index (χ4n) is 2.46. The lowest BCUT2D eigenvalue weighted by atomic mass is 10.1. The van der Waals surface area contributed by atoms with Crippen LogP contribution in [0.4, 0.5) is 9.52 Å². The summed E-state index contributed by atoms with van der Waals surface area (Å²) in [6.07, 6.45) is 3.97. The average Bonchev–Trinajstić information content (AvgIpc) is 3.03. The monoisotopic (exact) mass is 388 g/mol. The van der Waals surface area contributed by atoms with Crippen molar-refractivity contribution >= 4 is 33.2 Å². The molecule has 1 atom stereocenters. The van der Waals surface area contributed by atoms with Crippen LogP contribution in [0.3, 0.4) is 0 Å². The van der Waals surface area contributed by atoms with Crippen molar-refractivity contribution in [1.82, 2.24) is 4.98 Å². The molecule has 0 saturated heterocycles. The maximum Gasteiger partial charge on any atom is 0.257 e. The predicted octanol–water partition coefficient (Wildman–Crippen LogP) is 4.00. The van der Waals surface area contributed by atoms with Gasteiger partial charge in [0, 0.05) is 45.9 Å². The zero-order chi connectivity index (χ0) is 18.5. The minimum absolute atomic E-state index is 0.253. The molecular weight excluding hydrogens is 371 g/mol. The van der Waals surface area contributed by atoms with E-state index in [0.29, 0.717) is 22.9 Å². The number of nitrogens with zero attached hydrogens (tertiary/aromatic N) is 1. The number of rotatable bonds is 6. The summed E-state index contributed by atoms with van der Waals surface area (Å²) < 4.78 is 24.3. The number of hydrogen-bond donors (Lipinski definition) is 1. The van der Waals surface area contributed by atoms with Crippen molar-refractivity contribution in [3.8, 4) is 0 Å². The molecule has 1 unspecified atom stereocenters. The van der Waals surface area contributed by atoms with Crippen LogP contribution in [-0.4, -0.2) is 21.4 Å². The highest BCUT2D eigenvalue weighted by molar-refractivity contribution is 7.83. The van der Waals surface area contributed by atoms with Gasteiger partial charge in [0.15, 0.2) is 5.13 Å². The van der Waals surface area contributed by atoms with Crippen LogP contribution in [-0.2, 0) is 23.0 Å². The molecule has 4 nitrogen and oxygen atoms in total. The lowest BCUT2D eigenvalue weighted by Gasteiger charge is -2.04. The van der Waals surface area contributed by atoms with Crippen LogP contribution in [0.2, 0.25) is 0 Å². The van der Waals surface area contributed by atoms with Crippen LogP contribution in [0.15, 0.2) is 54.7 Å². The number of amides is 1. The summed E-state index contributed by atoms with van der Waals surface area (Å²) in [5, 5.41) is 3.30. The van der Waals surface area contributed by atoms with E-state index >= 15 is 0 Å². The van der Waals surface area contributed by atoms with Gasteiger partial charge in [-0.05, 0) is 35.4 Å². The molecule has 0 bridgehead atoms. The molecule has 0 aliphatic rings. The first-order chi connectivity index (χ1) is 12.5. The molecule has 134 valence electrons. The molecule has 1 aromatic heterocycles. The van der Waals surface area contributed by atoms with E-state index in [-0.39, 0.29) is 11.7 Å². The van der Waals surface area contributed by atoms with Crippen molar-refractivity contribution in [3.05, 3.63) is 82.1 Å². The second kappa shape index (κ2) is 8.33. The van der Waals surface area contributed by atoms with Gasteiger partial charge in [-0.15, -0.1) is 11.3 Å². The Balaban J connectivity index is 1.66. The number of thiazole rings is 1. The normalized spacial score (nSPS) is 11.9. The van der Waals surface area contributed by atoms with E-state index in [1.54, 1.807) is 42.8 Å². The SMILES string of the molecule is CS(=O)Cc1cccc(C(=O)Nc2ncc(Cc3ccc(F)cc3)s2)c1. The van der Waals surface area contributed by atoms with Crippen molar-refractivity contribution in [2.75, 3.05) is 11.6 Å². The highest BCUT2D eigenvalue weighted by Crippen LogP contribution is 2.22. The molecule has 26 heavy (non-hydrogen) atoms. The van der Waals surface area contributed by atoms with Gasteiger partial charge >= 0.3 is 0 Å². The van der Waals surface area contributed by atoms with E-state index in [1.807, 2.05) is 6.07 Å². The Morgan fingerprint density at radius 3 is 2.69 bits per heavy atom. The van der Waals surface area contributed by atoms with Gasteiger partial charge in [-0.1, -0.05) is 24.3 Å². The molecule has 0 aliphatic heterocycles. The van der Waals surface area contributed by atoms with Crippen LogP contribution in [0.25, 0.3) is 0 Å². The summed E-state index contributed by atoms with van der Waals surface area (Å²) in [5.41, 5.74) is 2.34. The Morgan fingerprint density at radius 1 is 1.19 bits per heavy atom. The largest absolute Gasteiger partial charge is 0.298 e. The number of aromatic nitrogens is 1. The number of anilines is 1. The van der Waals surface area contributed by atoms with Gasteiger partial charge in [0.25, 0.3) is 5.91 Å². The molecule has 0 radical (unpaired) electrons. The average molecular weight is 388 g/mol. The van der Waals surface area contributed by atoms with E-state index < -0.39 is 10.8 Å². The third kappa shape index (κ3) is 5.06. The lowest BCUT2D eigenvalue weighted by molar-refractivity contribution is 0.102. The lowest BCUT2D eigenvalue weighted by Crippen LogP contribution is -2.12. The van der Waals surface area contributed by atoms with Gasteiger partial charge in [0.05, 0.1) is 0 Å². The summed E-state index contributed by atoms with van der Waals surface area (Å²) in [5.74, 6) is -0.100. The molecule has 1 heterocycles. The summed E-state index contributed by atoms with van der Waals surface area (Å²) >= 11 is 1.38. The van der Waals surface area contributed by atoms with Gasteiger partial charge in [-0.25, -0.2) is 9.37 Å². The summed E-state index contributed by atoms with van der Waals surface area (Å²) in [7, 11) is -0.959. The van der Waals surface area contributed by atoms with Crippen molar-refractivity contribution in [1.29, 1.82) is 0 Å². The minimum atomic E-state index is -0.959. The third-order valence-corrected chi connectivity index (χ3v) is 5.28. The van der Waals surface area contributed by atoms with Crippen LogP contribution in [0, 0.1) is 5.82 Å². The second-order valence-corrected chi connectivity index (χ2v) is 8.36. The first kappa shape index (κ1) is 18.4. The zero-order valence-corrected chi connectivity index (χ0v) is 15.7. The Kier molecular flexibility index (Phi) is 5.90. The molecule has 0 spiro atoms. The first-order valence-electron chi connectivity index (χ1n) is 7.89. The van der Waals surface area contributed by atoms with E-state index in [9.17, 15) is 13.4 Å². The van der Waals surface area contributed by atoms with Crippen LogP contribution in [0.1, 0.15) is 26.4 Å². The van der Waals surface area contributed by atoms with Crippen molar-refractivity contribution < 1.29 is 13.4 Å². The van der Waals surface area contributed by atoms with E-state index in [2.05, 4.69) is 10.3 Å². The van der Waals surface area contributed by atoms with Crippen LogP contribution in [0.5, 0.6) is 0 Å². The summed E-state index contributed by atoms with van der Waals surface area (Å²) in [6, 6.07) is 13.4. The van der Waals surface area contributed by atoms with Crippen LogP contribution >= 0.6 is 11.3 Å². The fourth-order valence-corrected chi connectivity index (χ4v) is 3.95. The van der Waals surface area contributed by atoms with Crippen molar-refractivity contribution in [3.63, 3.8) is 0 Å². The molecule has 0 saturated carbocycles. The fraction of sp³-hybridized carbons (Fsp3) is 0.158. The third-order valence-electron chi connectivity index (χ3n) is 3.62. The number of carbonyl (C=O) groups excluding carboxylic acids is 1. The molecular formula is C19H17FN2O2S2. The molecule has 3 rings (SSSR count). The number of halogens is 1. The van der Waals surface area contributed by atoms with E-state index in [4.69, 9.17) is 0 Å². The summed E-state index contributed by atoms with van der Waals surface area (Å²) in [6.45, 7) is 0. The highest BCUT2D eigenvalue weighted by atomic mass is 32.2. The zero-order valence-electron chi connectivity index (χ0n) is 14.1. The Labute approximate surface area is 157 Å². The molecule has 1 amide bonds. The Morgan fingerprint density at radius 2 is 1.96 bits per heavy atom. The maximum atomic E-state index is 13.0. The Hall–Kier alpha value is -2.38. The van der Waals surface area contributed by atoms with Gasteiger partial charge in [-0.2, -0.15) is 0 Å². The highest BCUT2D eigenvalue weighted by Gasteiger charge is 2.10. The van der Waals surface area contributed by atoms with Crippen molar-refractivity contribution in [2.24, 2.45) is 0 Å². The molecule has 0 aliphatic carbocycles. The van der Waals surface area contributed by atoms with Gasteiger partial charge in [0.1, 0.15) is 5.82 Å².